The largest absolute Gasteiger partial charge is 0.478 e. The van der Waals surface area contributed by atoms with Crippen LogP contribution >= 0.6 is 11.8 Å². The molecule has 0 radical (unpaired) electrons. The predicted octanol–water partition coefficient (Wildman–Crippen LogP) is 2.68. The van der Waals surface area contributed by atoms with Crippen LogP contribution in [0, 0.1) is 11.6 Å². The van der Waals surface area contributed by atoms with Gasteiger partial charge in [0, 0.05) is 11.3 Å². The normalized spacial score (nSPS) is 21.3. The number of halogens is 2. The molecule has 0 saturated heterocycles. The maximum Gasteiger partial charge on any atom is 0.336 e. The Balaban J connectivity index is 2.26. The second-order valence-corrected chi connectivity index (χ2v) is 5.98. The van der Waals surface area contributed by atoms with E-state index >= 15 is 0 Å². The molecule has 4 nitrogen and oxygen atoms in total. The first-order chi connectivity index (χ1) is 9.93. The van der Waals surface area contributed by atoms with Crippen LogP contribution in [0.1, 0.15) is 40.0 Å². The zero-order chi connectivity index (χ0) is 15.6. The molecule has 1 aromatic rings. The summed E-state index contributed by atoms with van der Waals surface area (Å²) in [4.78, 5) is 23.3. The number of amides is 1. The lowest BCUT2D eigenvalue weighted by molar-refractivity contribution is 0.0689. The van der Waals surface area contributed by atoms with Crippen molar-refractivity contribution in [1.82, 2.24) is 5.32 Å². The van der Waals surface area contributed by atoms with Crippen LogP contribution in [0.15, 0.2) is 12.1 Å². The monoisotopic (exact) mass is 315 g/mol. The van der Waals surface area contributed by atoms with Crippen LogP contribution in [-0.4, -0.2) is 34.5 Å². The van der Waals surface area contributed by atoms with Crippen LogP contribution in [-0.2, 0) is 0 Å². The molecule has 2 rings (SSSR count). The van der Waals surface area contributed by atoms with E-state index in [0.717, 1.165) is 19.3 Å². The Hall–Kier alpha value is -1.63. The lowest BCUT2D eigenvalue weighted by atomic mass is 10.1. The number of nitrogens with one attached hydrogen (secondary N) is 1. The number of rotatable bonds is 4. The van der Waals surface area contributed by atoms with Crippen LogP contribution in [0.4, 0.5) is 8.78 Å². The Labute approximate surface area is 124 Å². The van der Waals surface area contributed by atoms with Crippen LogP contribution in [0.2, 0.25) is 0 Å². The fourth-order valence-corrected chi connectivity index (χ4v) is 3.47. The molecule has 0 aromatic heterocycles. The molecule has 0 aliphatic heterocycles. The zero-order valence-electron chi connectivity index (χ0n) is 11.4. The molecule has 1 amide bonds. The Bertz CT molecular complexity index is 580. The van der Waals surface area contributed by atoms with Crippen LogP contribution < -0.4 is 5.32 Å². The number of aromatic carboxylic acids is 1. The van der Waals surface area contributed by atoms with Gasteiger partial charge in [0.2, 0.25) is 0 Å². The SMILES string of the molecule is CSC1CCCC1NC(=O)c1cc(F)c(F)cc1C(=O)O. The first-order valence-electron chi connectivity index (χ1n) is 6.50. The molecular weight excluding hydrogens is 300 g/mol. The highest BCUT2D eigenvalue weighted by atomic mass is 32.2. The van der Waals surface area contributed by atoms with E-state index < -0.39 is 29.1 Å². The summed E-state index contributed by atoms with van der Waals surface area (Å²) in [6.07, 6.45) is 4.68. The summed E-state index contributed by atoms with van der Waals surface area (Å²) in [6.45, 7) is 0. The molecule has 2 atom stereocenters. The summed E-state index contributed by atoms with van der Waals surface area (Å²) in [6, 6.07) is 1.09. The summed E-state index contributed by atoms with van der Waals surface area (Å²) in [5.41, 5.74) is -0.891. The lowest BCUT2D eigenvalue weighted by Crippen LogP contribution is -2.39. The third-order valence-corrected chi connectivity index (χ3v) is 4.78. The van der Waals surface area contributed by atoms with E-state index in [0.29, 0.717) is 12.1 Å². The maximum absolute atomic E-state index is 13.3. The van der Waals surface area contributed by atoms with Crippen molar-refractivity contribution < 1.29 is 23.5 Å². The molecule has 0 spiro atoms. The highest BCUT2D eigenvalue weighted by molar-refractivity contribution is 7.99. The number of carbonyl (C=O) groups is 2. The Kier molecular flexibility index (Phi) is 4.82. The molecule has 114 valence electrons. The number of carbonyl (C=O) groups excluding carboxylic acids is 1. The van der Waals surface area contributed by atoms with E-state index in [1.54, 1.807) is 11.8 Å². The molecule has 1 aromatic carbocycles. The van der Waals surface area contributed by atoms with E-state index in [2.05, 4.69) is 5.32 Å². The van der Waals surface area contributed by atoms with Crippen LogP contribution in [0.25, 0.3) is 0 Å². The first-order valence-corrected chi connectivity index (χ1v) is 7.78. The highest BCUT2D eigenvalue weighted by Gasteiger charge is 2.29. The predicted molar refractivity (Wildman–Crippen MR) is 75.7 cm³/mol. The number of thioether (sulfide) groups is 1. The first kappa shape index (κ1) is 15.8. The van der Waals surface area contributed by atoms with Gasteiger partial charge in [-0.15, -0.1) is 0 Å². The molecule has 2 N–H and O–H groups in total. The number of hydrogen-bond donors (Lipinski definition) is 2. The van der Waals surface area contributed by atoms with Crippen molar-refractivity contribution in [2.24, 2.45) is 0 Å². The highest BCUT2D eigenvalue weighted by Crippen LogP contribution is 2.28. The van der Waals surface area contributed by atoms with E-state index in [4.69, 9.17) is 5.11 Å². The van der Waals surface area contributed by atoms with Gasteiger partial charge < -0.3 is 10.4 Å². The molecule has 1 saturated carbocycles. The summed E-state index contributed by atoms with van der Waals surface area (Å²) in [5.74, 6) is -4.67. The van der Waals surface area contributed by atoms with E-state index in [-0.39, 0.29) is 16.9 Å². The van der Waals surface area contributed by atoms with Gasteiger partial charge in [0.25, 0.3) is 5.91 Å². The topological polar surface area (TPSA) is 66.4 Å². The van der Waals surface area contributed by atoms with Crippen molar-refractivity contribution in [3.63, 3.8) is 0 Å². The average molecular weight is 315 g/mol. The third-order valence-electron chi connectivity index (χ3n) is 3.61. The molecule has 0 heterocycles. The lowest BCUT2D eigenvalue weighted by Gasteiger charge is -2.19. The van der Waals surface area contributed by atoms with E-state index in [9.17, 15) is 18.4 Å². The van der Waals surface area contributed by atoms with Gasteiger partial charge in [-0.25, -0.2) is 13.6 Å². The van der Waals surface area contributed by atoms with Crippen LogP contribution in [0.3, 0.4) is 0 Å². The van der Waals surface area contributed by atoms with Gasteiger partial charge in [-0.2, -0.15) is 11.8 Å². The molecule has 1 fully saturated rings. The Morgan fingerprint density at radius 1 is 1.24 bits per heavy atom. The minimum atomic E-state index is -1.47. The van der Waals surface area contributed by atoms with Crippen molar-refractivity contribution in [3.05, 3.63) is 34.9 Å². The standard InChI is InChI=1S/C14H15F2NO3S/c1-21-12-4-2-3-11(12)17-13(18)7-5-9(15)10(16)6-8(7)14(19)20/h5-6,11-12H,2-4H2,1H3,(H,17,18)(H,19,20). The summed E-state index contributed by atoms with van der Waals surface area (Å²) >= 11 is 1.63. The maximum atomic E-state index is 13.3. The number of carboxylic acid groups (broad SMARTS) is 1. The van der Waals surface area contributed by atoms with Crippen molar-refractivity contribution in [2.75, 3.05) is 6.26 Å². The summed E-state index contributed by atoms with van der Waals surface area (Å²) in [5, 5.41) is 12.0. The van der Waals surface area contributed by atoms with Gasteiger partial charge >= 0.3 is 5.97 Å². The summed E-state index contributed by atoms with van der Waals surface area (Å²) in [7, 11) is 0. The van der Waals surface area contributed by atoms with Crippen molar-refractivity contribution >= 4 is 23.6 Å². The van der Waals surface area contributed by atoms with E-state index in [1.165, 1.54) is 0 Å². The minimum Gasteiger partial charge on any atom is -0.478 e. The molecule has 7 heteroatoms. The molecule has 2 unspecified atom stereocenters. The molecule has 1 aliphatic rings. The number of carboxylic acids is 1. The van der Waals surface area contributed by atoms with E-state index in [1.807, 2.05) is 6.26 Å². The molecule has 21 heavy (non-hydrogen) atoms. The second kappa shape index (κ2) is 6.43. The summed E-state index contributed by atoms with van der Waals surface area (Å²) < 4.78 is 26.4. The zero-order valence-corrected chi connectivity index (χ0v) is 12.2. The number of benzene rings is 1. The molecular formula is C14H15F2NO3S. The van der Waals surface area contributed by atoms with Gasteiger partial charge in [0.05, 0.1) is 11.1 Å². The number of hydrogen-bond acceptors (Lipinski definition) is 3. The van der Waals surface area contributed by atoms with Crippen molar-refractivity contribution in [3.8, 4) is 0 Å². The minimum absolute atomic E-state index is 0.0812. The quantitative estimate of drug-likeness (QED) is 0.896. The van der Waals surface area contributed by atoms with Gasteiger partial charge in [0.1, 0.15) is 0 Å². The fourth-order valence-electron chi connectivity index (χ4n) is 2.53. The van der Waals surface area contributed by atoms with Crippen LogP contribution in [0.5, 0.6) is 0 Å². The smallest absolute Gasteiger partial charge is 0.336 e. The molecule has 0 bridgehead atoms. The third kappa shape index (κ3) is 3.34. The van der Waals surface area contributed by atoms with Gasteiger partial charge in [0.15, 0.2) is 11.6 Å². The molecule has 1 aliphatic carbocycles. The Morgan fingerprint density at radius 2 is 1.86 bits per heavy atom. The van der Waals surface area contributed by atoms with Crippen molar-refractivity contribution in [2.45, 2.75) is 30.6 Å². The Morgan fingerprint density at radius 3 is 2.43 bits per heavy atom. The second-order valence-electron chi connectivity index (χ2n) is 4.90. The average Bonchev–Trinajstić information content (AvgIpc) is 2.88. The fraction of sp³-hybridized carbons (Fsp3) is 0.429. The van der Waals surface area contributed by atoms with Gasteiger partial charge in [-0.3, -0.25) is 4.79 Å². The van der Waals surface area contributed by atoms with Gasteiger partial charge in [-0.05, 0) is 31.2 Å². The van der Waals surface area contributed by atoms with Gasteiger partial charge in [-0.1, -0.05) is 6.42 Å². The van der Waals surface area contributed by atoms with Crippen molar-refractivity contribution in [1.29, 1.82) is 0 Å².